The van der Waals surface area contributed by atoms with Crippen LogP contribution in [0.1, 0.15) is 30.4 Å². The van der Waals surface area contributed by atoms with Gasteiger partial charge in [0.2, 0.25) is 5.91 Å². The minimum atomic E-state index is 0.158. The van der Waals surface area contributed by atoms with Crippen LogP contribution in [-0.2, 0) is 18.3 Å². The minimum absolute atomic E-state index is 0.158. The molecular weight excluding hydrogens is 290 g/mol. The second-order valence-corrected chi connectivity index (χ2v) is 6.34. The maximum Gasteiger partial charge on any atom is 0.219 e. The van der Waals surface area contributed by atoms with E-state index in [1.165, 1.54) is 0 Å². The van der Waals surface area contributed by atoms with Crippen LogP contribution in [0.15, 0.2) is 12.4 Å². The van der Waals surface area contributed by atoms with Gasteiger partial charge in [-0.15, -0.1) is 0 Å². The summed E-state index contributed by atoms with van der Waals surface area (Å²) in [6, 6.07) is 0. The molecule has 1 amide bonds. The van der Waals surface area contributed by atoms with Crippen molar-refractivity contribution in [1.29, 1.82) is 0 Å². The molecule has 1 aliphatic heterocycles. The molecule has 0 N–H and O–H groups in total. The SMILES string of the molecule is CC(=O)N1CCC(Cc2nccnc2-c2c(C)nn(C)c2C)C1. The van der Waals surface area contributed by atoms with Crippen LogP contribution in [0.2, 0.25) is 0 Å². The molecular formula is C17H23N5O. The molecule has 3 rings (SSSR count). The Kier molecular flexibility index (Phi) is 4.15. The van der Waals surface area contributed by atoms with Gasteiger partial charge in [-0.3, -0.25) is 19.4 Å². The van der Waals surface area contributed by atoms with Gasteiger partial charge in [-0.2, -0.15) is 5.10 Å². The monoisotopic (exact) mass is 313 g/mol. The van der Waals surface area contributed by atoms with Crippen molar-refractivity contribution < 1.29 is 4.79 Å². The number of amides is 1. The zero-order chi connectivity index (χ0) is 16.6. The predicted octanol–water partition coefficient (Wildman–Crippen LogP) is 1.90. The number of hydrogen-bond acceptors (Lipinski definition) is 4. The third kappa shape index (κ3) is 2.98. The van der Waals surface area contributed by atoms with E-state index < -0.39 is 0 Å². The van der Waals surface area contributed by atoms with E-state index in [2.05, 4.69) is 22.0 Å². The zero-order valence-electron chi connectivity index (χ0n) is 14.2. The van der Waals surface area contributed by atoms with E-state index in [0.29, 0.717) is 5.92 Å². The van der Waals surface area contributed by atoms with E-state index in [-0.39, 0.29) is 5.91 Å². The van der Waals surface area contributed by atoms with E-state index >= 15 is 0 Å². The summed E-state index contributed by atoms with van der Waals surface area (Å²) in [4.78, 5) is 22.6. The Morgan fingerprint density at radius 2 is 2.04 bits per heavy atom. The maximum atomic E-state index is 11.5. The minimum Gasteiger partial charge on any atom is -0.343 e. The highest BCUT2D eigenvalue weighted by Gasteiger charge is 2.26. The number of carbonyl (C=O) groups excluding carboxylic acids is 1. The zero-order valence-corrected chi connectivity index (χ0v) is 14.2. The third-order valence-corrected chi connectivity index (χ3v) is 4.73. The first-order valence-corrected chi connectivity index (χ1v) is 8.03. The molecule has 0 aromatic carbocycles. The summed E-state index contributed by atoms with van der Waals surface area (Å²) in [5.74, 6) is 0.609. The third-order valence-electron chi connectivity index (χ3n) is 4.73. The highest BCUT2D eigenvalue weighted by Crippen LogP contribution is 2.29. The fourth-order valence-electron chi connectivity index (χ4n) is 3.40. The molecule has 6 heteroatoms. The van der Waals surface area contributed by atoms with Crippen molar-refractivity contribution in [3.05, 3.63) is 29.5 Å². The number of likely N-dealkylation sites (tertiary alicyclic amines) is 1. The van der Waals surface area contributed by atoms with Crippen LogP contribution < -0.4 is 0 Å². The van der Waals surface area contributed by atoms with Crippen molar-refractivity contribution >= 4 is 5.91 Å². The molecule has 1 fully saturated rings. The van der Waals surface area contributed by atoms with Gasteiger partial charge in [-0.05, 0) is 32.6 Å². The number of aromatic nitrogens is 4. The Balaban J connectivity index is 1.89. The fourth-order valence-corrected chi connectivity index (χ4v) is 3.40. The fraction of sp³-hybridized carbons (Fsp3) is 0.529. The van der Waals surface area contributed by atoms with Crippen LogP contribution in [0.5, 0.6) is 0 Å². The largest absolute Gasteiger partial charge is 0.343 e. The van der Waals surface area contributed by atoms with Crippen LogP contribution in [0.4, 0.5) is 0 Å². The molecule has 0 bridgehead atoms. The van der Waals surface area contributed by atoms with Crippen LogP contribution in [0.3, 0.4) is 0 Å². The molecule has 1 atom stereocenters. The van der Waals surface area contributed by atoms with E-state index in [1.54, 1.807) is 19.3 Å². The van der Waals surface area contributed by atoms with Gasteiger partial charge in [0.25, 0.3) is 0 Å². The Morgan fingerprint density at radius 3 is 2.65 bits per heavy atom. The van der Waals surface area contributed by atoms with Gasteiger partial charge in [0.15, 0.2) is 0 Å². The summed E-state index contributed by atoms with van der Waals surface area (Å²) in [7, 11) is 1.95. The highest BCUT2D eigenvalue weighted by atomic mass is 16.2. The summed E-state index contributed by atoms with van der Waals surface area (Å²) in [6.45, 7) is 7.37. The first-order chi connectivity index (χ1) is 11.0. The lowest BCUT2D eigenvalue weighted by atomic mass is 9.98. The molecule has 0 radical (unpaired) electrons. The van der Waals surface area contributed by atoms with Crippen LogP contribution in [-0.4, -0.2) is 43.6 Å². The molecule has 1 aliphatic rings. The van der Waals surface area contributed by atoms with Crippen molar-refractivity contribution in [2.24, 2.45) is 13.0 Å². The summed E-state index contributed by atoms with van der Waals surface area (Å²) in [6.07, 6.45) is 5.36. The number of aryl methyl sites for hydroxylation is 2. The summed E-state index contributed by atoms with van der Waals surface area (Å²) in [5, 5.41) is 4.49. The highest BCUT2D eigenvalue weighted by molar-refractivity contribution is 5.73. The topological polar surface area (TPSA) is 63.9 Å². The Labute approximate surface area is 136 Å². The summed E-state index contributed by atoms with van der Waals surface area (Å²) >= 11 is 0. The number of rotatable bonds is 3. The van der Waals surface area contributed by atoms with Crippen molar-refractivity contribution in [2.45, 2.75) is 33.6 Å². The van der Waals surface area contributed by atoms with Crippen molar-refractivity contribution in [1.82, 2.24) is 24.6 Å². The van der Waals surface area contributed by atoms with Gasteiger partial charge in [0.1, 0.15) is 0 Å². The van der Waals surface area contributed by atoms with Gasteiger partial charge in [-0.1, -0.05) is 0 Å². The second kappa shape index (κ2) is 6.10. The smallest absolute Gasteiger partial charge is 0.219 e. The maximum absolute atomic E-state index is 11.5. The second-order valence-electron chi connectivity index (χ2n) is 6.34. The first kappa shape index (κ1) is 15.6. The van der Waals surface area contributed by atoms with Crippen molar-refractivity contribution in [3.8, 4) is 11.3 Å². The number of nitrogens with zero attached hydrogens (tertiary/aromatic N) is 5. The number of carbonyl (C=O) groups is 1. The van der Waals surface area contributed by atoms with Gasteiger partial charge in [0.05, 0.1) is 17.1 Å². The van der Waals surface area contributed by atoms with Gasteiger partial charge >= 0.3 is 0 Å². The molecule has 0 saturated carbocycles. The van der Waals surface area contributed by atoms with Gasteiger partial charge in [0, 0.05) is 50.7 Å². The molecule has 6 nitrogen and oxygen atoms in total. The molecule has 3 heterocycles. The average Bonchev–Trinajstić information content (AvgIpc) is 3.06. The molecule has 1 saturated heterocycles. The molecule has 2 aromatic heterocycles. The number of hydrogen-bond donors (Lipinski definition) is 0. The predicted molar refractivity (Wildman–Crippen MR) is 87.8 cm³/mol. The molecule has 122 valence electrons. The van der Waals surface area contributed by atoms with Crippen LogP contribution >= 0.6 is 0 Å². The van der Waals surface area contributed by atoms with Crippen LogP contribution in [0.25, 0.3) is 11.3 Å². The molecule has 0 aliphatic carbocycles. The Bertz CT molecular complexity index is 737. The normalized spacial score (nSPS) is 17.7. The van der Waals surface area contributed by atoms with Crippen molar-refractivity contribution in [2.75, 3.05) is 13.1 Å². The first-order valence-electron chi connectivity index (χ1n) is 8.03. The molecule has 1 unspecified atom stereocenters. The lowest BCUT2D eigenvalue weighted by Gasteiger charge is -2.15. The van der Waals surface area contributed by atoms with E-state index in [4.69, 9.17) is 0 Å². The van der Waals surface area contributed by atoms with Gasteiger partial charge in [-0.25, -0.2) is 0 Å². The lowest BCUT2D eigenvalue weighted by Crippen LogP contribution is -2.26. The van der Waals surface area contributed by atoms with E-state index in [9.17, 15) is 4.79 Å². The lowest BCUT2D eigenvalue weighted by molar-refractivity contribution is -0.127. The van der Waals surface area contributed by atoms with Gasteiger partial charge < -0.3 is 4.90 Å². The molecule has 23 heavy (non-hydrogen) atoms. The van der Waals surface area contributed by atoms with E-state index in [0.717, 1.165) is 54.3 Å². The molecule has 2 aromatic rings. The average molecular weight is 313 g/mol. The van der Waals surface area contributed by atoms with Crippen molar-refractivity contribution in [3.63, 3.8) is 0 Å². The van der Waals surface area contributed by atoms with Crippen LogP contribution in [0, 0.1) is 19.8 Å². The summed E-state index contributed by atoms with van der Waals surface area (Å²) in [5.41, 5.74) is 5.08. The molecule has 0 spiro atoms. The Hall–Kier alpha value is -2.24. The summed E-state index contributed by atoms with van der Waals surface area (Å²) < 4.78 is 1.89. The standard InChI is InChI=1S/C17H23N5O/c1-11-16(12(2)21(4)20-11)17-15(18-6-7-19-17)9-14-5-8-22(10-14)13(3)23/h6-7,14H,5,8-10H2,1-4H3. The quantitative estimate of drug-likeness (QED) is 0.868. The van der Waals surface area contributed by atoms with E-state index in [1.807, 2.05) is 23.6 Å². The Morgan fingerprint density at radius 1 is 1.30 bits per heavy atom.